The van der Waals surface area contributed by atoms with Crippen molar-refractivity contribution in [2.24, 2.45) is 39.6 Å². The Balaban J connectivity index is 1.60. The predicted octanol–water partition coefficient (Wildman–Crippen LogP) is 3.54. The zero-order chi connectivity index (χ0) is 22.6. The van der Waals surface area contributed by atoms with Crippen molar-refractivity contribution in [1.82, 2.24) is 0 Å². The van der Waals surface area contributed by atoms with Gasteiger partial charge in [-0.25, -0.2) is 0 Å². The maximum atomic E-state index is 12.9. The molecular formula is C23H35N3O5. The third-order valence-corrected chi connectivity index (χ3v) is 9.80. The van der Waals surface area contributed by atoms with Gasteiger partial charge in [-0.1, -0.05) is 19.0 Å². The summed E-state index contributed by atoms with van der Waals surface area (Å²) >= 11 is 0. The predicted molar refractivity (Wildman–Crippen MR) is 113 cm³/mol. The quantitative estimate of drug-likeness (QED) is 0.303. The molecule has 8 heteroatoms. The monoisotopic (exact) mass is 433 g/mol. The standard InChI is InChI=1S/C23H35N3O5/c1-13(27)31-12-19(29)23(30)9-7-17-16-5-4-14-10-15(25-26-24)6-8-21(14,2)20(16)18(28)11-22(17,23)3/h14-18,20,28,30H,4-12H2,1-3H3/t14-,15-,16+,17+,18+,20-,21+,22+,23+/m1/s1. The van der Waals surface area contributed by atoms with Gasteiger partial charge in [-0.3, -0.25) is 9.59 Å². The van der Waals surface area contributed by atoms with E-state index in [-0.39, 0.29) is 29.2 Å². The number of hydrogen-bond donors (Lipinski definition) is 2. The van der Waals surface area contributed by atoms with Crippen molar-refractivity contribution in [2.75, 3.05) is 6.61 Å². The lowest BCUT2D eigenvalue weighted by atomic mass is 9.43. The highest BCUT2D eigenvalue weighted by atomic mass is 16.5. The van der Waals surface area contributed by atoms with Gasteiger partial charge in [-0.2, -0.15) is 0 Å². The summed E-state index contributed by atoms with van der Waals surface area (Å²) in [6, 6.07) is 0.0427. The second-order valence-corrected chi connectivity index (χ2v) is 11.0. The Hall–Kier alpha value is -1.63. The van der Waals surface area contributed by atoms with Crippen molar-refractivity contribution >= 4 is 11.8 Å². The average Bonchev–Trinajstić information content (AvgIpc) is 2.98. The number of rotatable bonds is 4. The van der Waals surface area contributed by atoms with Gasteiger partial charge in [0.2, 0.25) is 5.78 Å². The number of fused-ring (bicyclic) bond motifs is 5. The lowest BCUT2D eigenvalue weighted by molar-refractivity contribution is -0.200. The van der Waals surface area contributed by atoms with Crippen LogP contribution in [0.4, 0.5) is 0 Å². The minimum atomic E-state index is -1.57. The molecule has 2 N–H and O–H groups in total. The molecule has 0 saturated heterocycles. The first-order valence-corrected chi connectivity index (χ1v) is 11.7. The Bertz CT molecular complexity index is 813. The Morgan fingerprint density at radius 1 is 1.19 bits per heavy atom. The molecule has 0 unspecified atom stereocenters. The van der Waals surface area contributed by atoms with E-state index in [0.717, 1.165) is 38.5 Å². The number of nitrogens with zero attached hydrogens (tertiary/aromatic N) is 3. The molecule has 4 fully saturated rings. The first-order valence-electron chi connectivity index (χ1n) is 11.7. The van der Waals surface area contributed by atoms with Crippen LogP contribution in [0.3, 0.4) is 0 Å². The fourth-order valence-corrected chi connectivity index (χ4v) is 8.29. The number of azide groups is 1. The molecule has 0 bridgehead atoms. The number of Topliss-reactive ketones (excluding diaryl/α,β-unsaturated/α-hetero) is 1. The number of esters is 1. The summed E-state index contributed by atoms with van der Waals surface area (Å²) in [6.45, 7) is 5.07. The van der Waals surface area contributed by atoms with Gasteiger partial charge in [0.25, 0.3) is 0 Å². The van der Waals surface area contributed by atoms with Crippen molar-refractivity contribution < 1.29 is 24.5 Å². The number of aliphatic hydroxyl groups excluding tert-OH is 1. The lowest BCUT2D eigenvalue weighted by Crippen LogP contribution is -2.63. The van der Waals surface area contributed by atoms with Crippen LogP contribution >= 0.6 is 0 Å². The molecule has 172 valence electrons. The van der Waals surface area contributed by atoms with Crippen LogP contribution in [0.1, 0.15) is 72.1 Å². The molecule has 0 heterocycles. The van der Waals surface area contributed by atoms with E-state index in [2.05, 4.69) is 16.9 Å². The molecule has 0 aromatic heterocycles. The van der Waals surface area contributed by atoms with E-state index in [9.17, 15) is 19.8 Å². The number of hydrogen-bond acceptors (Lipinski definition) is 6. The Morgan fingerprint density at radius 3 is 2.61 bits per heavy atom. The molecule has 0 spiro atoms. The van der Waals surface area contributed by atoms with E-state index in [1.807, 2.05) is 6.92 Å². The molecule has 0 aromatic carbocycles. The van der Waals surface area contributed by atoms with Crippen LogP contribution in [-0.4, -0.2) is 46.3 Å². The molecule has 0 aliphatic heterocycles. The van der Waals surface area contributed by atoms with Crippen LogP contribution in [0.5, 0.6) is 0 Å². The summed E-state index contributed by atoms with van der Waals surface area (Å²) in [5.74, 6) is -0.0392. The Kier molecular flexibility index (Phi) is 5.64. The number of aliphatic hydroxyl groups is 2. The smallest absolute Gasteiger partial charge is 0.303 e. The second-order valence-electron chi connectivity index (χ2n) is 11.0. The number of ketones is 1. The third-order valence-electron chi connectivity index (χ3n) is 9.80. The maximum Gasteiger partial charge on any atom is 0.303 e. The maximum absolute atomic E-state index is 12.9. The van der Waals surface area contributed by atoms with Crippen molar-refractivity contribution in [3.63, 3.8) is 0 Å². The molecule has 4 saturated carbocycles. The molecule has 4 aliphatic rings. The highest BCUT2D eigenvalue weighted by Crippen LogP contribution is 2.68. The molecule has 4 rings (SSSR count). The zero-order valence-electron chi connectivity index (χ0n) is 18.8. The average molecular weight is 434 g/mol. The van der Waals surface area contributed by atoms with E-state index in [0.29, 0.717) is 18.8 Å². The largest absolute Gasteiger partial charge is 0.458 e. The molecule has 4 aliphatic carbocycles. The third kappa shape index (κ3) is 3.30. The SMILES string of the molecule is CC(=O)OCC(=O)[C@@]1(O)CC[C@H]2[C@@H]3CC[C@@H]4C[C@H](N=[N+]=[N-])CC[C@]4(C)[C@H]3[C@@H](O)C[C@@]21C. The number of carbonyl (C=O) groups excluding carboxylic acids is 2. The number of ether oxygens (including phenoxy) is 1. The molecule has 8 nitrogen and oxygen atoms in total. The molecule has 0 aromatic rings. The van der Waals surface area contributed by atoms with Crippen LogP contribution in [0, 0.1) is 34.5 Å². The van der Waals surface area contributed by atoms with Crippen LogP contribution in [0.15, 0.2) is 5.11 Å². The van der Waals surface area contributed by atoms with E-state index >= 15 is 0 Å². The normalized spacial score (nSPS) is 48.5. The molecular weight excluding hydrogens is 398 g/mol. The van der Waals surface area contributed by atoms with Crippen molar-refractivity contribution in [3.8, 4) is 0 Å². The van der Waals surface area contributed by atoms with Crippen molar-refractivity contribution in [1.29, 1.82) is 0 Å². The van der Waals surface area contributed by atoms with Crippen molar-refractivity contribution in [3.05, 3.63) is 10.4 Å². The highest BCUT2D eigenvalue weighted by Gasteiger charge is 2.68. The summed E-state index contributed by atoms with van der Waals surface area (Å²) in [5, 5.41) is 26.9. The van der Waals surface area contributed by atoms with Gasteiger partial charge in [-0.05, 0) is 86.0 Å². The number of carbonyl (C=O) groups is 2. The van der Waals surface area contributed by atoms with E-state index in [4.69, 9.17) is 10.3 Å². The van der Waals surface area contributed by atoms with E-state index < -0.39 is 35.5 Å². The zero-order valence-corrected chi connectivity index (χ0v) is 18.8. The lowest BCUT2D eigenvalue weighted by Gasteiger charge is -2.62. The summed E-state index contributed by atoms with van der Waals surface area (Å²) < 4.78 is 4.91. The minimum absolute atomic E-state index is 0.0202. The summed E-state index contributed by atoms with van der Waals surface area (Å²) in [6.07, 6.45) is 5.51. The van der Waals surface area contributed by atoms with E-state index in [1.165, 1.54) is 6.92 Å². The van der Waals surface area contributed by atoms with Crippen LogP contribution in [0.2, 0.25) is 0 Å². The molecule has 0 amide bonds. The fraction of sp³-hybridized carbons (Fsp3) is 0.913. The topological polar surface area (TPSA) is 133 Å². The van der Waals surface area contributed by atoms with Gasteiger partial charge in [0, 0.05) is 23.3 Å². The fourth-order valence-electron chi connectivity index (χ4n) is 8.29. The second kappa shape index (κ2) is 7.75. The Labute approximate surface area is 183 Å². The van der Waals surface area contributed by atoms with Gasteiger partial charge in [0.05, 0.1) is 6.10 Å². The van der Waals surface area contributed by atoms with Crippen molar-refractivity contribution in [2.45, 2.75) is 89.9 Å². The van der Waals surface area contributed by atoms with Gasteiger partial charge in [0.15, 0.2) is 6.61 Å². The van der Waals surface area contributed by atoms with Gasteiger partial charge in [-0.15, -0.1) is 0 Å². The summed E-state index contributed by atoms with van der Waals surface area (Å²) in [5.41, 5.74) is 6.52. The van der Waals surface area contributed by atoms with E-state index in [1.54, 1.807) is 0 Å². The first-order chi connectivity index (χ1) is 14.6. The van der Waals surface area contributed by atoms with Gasteiger partial charge < -0.3 is 14.9 Å². The summed E-state index contributed by atoms with van der Waals surface area (Å²) in [4.78, 5) is 27.1. The van der Waals surface area contributed by atoms with Gasteiger partial charge in [0.1, 0.15) is 5.60 Å². The minimum Gasteiger partial charge on any atom is -0.458 e. The first kappa shape index (κ1) is 22.6. The van der Waals surface area contributed by atoms with Gasteiger partial charge >= 0.3 is 5.97 Å². The van der Waals surface area contributed by atoms with Crippen LogP contribution in [-0.2, 0) is 14.3 Å². The molecule has 0 radical (unpaired) electrons. The molecule has 9 atom stereocenters. The van der Waals surface area contributed by atoms with Crippen LogP contribution in [0.25, 0.3) is 10.4 Å². The highest BCUT2D eigenvalue weighted by molar-refractivity contribution is 5.90. The summed E-state index contributed by atoms with van der Waals surface area (Å²) in [7, 11) is 0. The Morgan fingerprint density at radius 2 is 1.94 bits per heavy atom. The van der Waals surface area contributed by atoms with Crippen LogP contribution < -0.4 is 0 Å². The molecule has 31 heavy (non-hydrogen) atoms.